The molecule has 12 heavy (non-hydrogen) atoms. The van der Waals surface area contributed by atoms with Crippen LogP contribution < -0.4 is 5.11 Å². The third-order valence-electron chi connectivity index (χ3n) is 1.34. The Morgan fingerprint density at radius 1 is 1.50 bits per heavy atom. The van der Waals surface area contributed by atoms with E-state index in [9.17, 15) is 4.79 Å². The van der Waals surface area contributed by atoms with E-state index in [1.54, 1.807) is 5.11 Å². The normalized spacial score (nSPS) is 10.9. The molecule has 1 N–H and O–H groups in total. The Balaban J connectivity index is 3.43. The lowest BCUT2D eigenvalue weighted by molar-refractivity contribution is -0.470. The van der Waals surface area contributed by atoms with Crippen LogP contribution in [0.2, 0.25) is 25.7 Å². The molecule has 0 aliphatic rings. The molecule has 0 heterocycles. The second-order valence-electron chi connectivity index (χ2n) is 3.87. The Morgan fingerprint density at radius 2 is 2.08 bits per heavy atom. The van der Waals surface area contributed by atoms with E-state index in [4.69, 9.17) is 10.3 Å². The maximum Gasteiger partial charge on any atom is 0.371 e. The van der Waals surface area contributed by atoms with E-state index in [-0.39, 0.29) is 6.54 Å². The molecule has 5 heteroatoms. The van der Waals surface area contributed by atoms with Gasteiger partial charge in [-0.2, -0.15) is 0 Å². The van der Waals surface area contributed by atoms with Gasteiger partial charge in [0.15, 0.2) is 0 Å². The molecule has 0 unspecified atom stereocenters. The number of hydrogen-bond donors (Lipinski definition) is 1. The summed E-state index contributed by atoms with van der Waals surface area (Å²) in [6.07, 6.45) is 0. The molecular weight excluding hydrogens is 172 g/mol. The highest BCUT2D eigenvalue weighted by Crippen LogP contribution is 2.07. The summed E-state index contributed by atoms with van der Waals surface area (Å²) in [6, 6.07) is 0.962. The fourth-order valence-electron chi connectivity index (χ4n) is 0.587. The predicted octanol–water partition coefficient (Wildman–Crippen LogP) is -0.0300. The lowest BCUT2D eigenvalue weighted by atomic mass is 10.7. The van der Waals surface area contributed by atoms with Crippen molar-refractivity contribution >= 4 is 14.0 Å². The molecule has 0 aliphatic carbocycles. The van der Waals surface area contributed by atoms with Gasteiger partial charge < -0.3 is 15.4 Å². The highest BCUT2D eigenvalue weighted by atomic mass is 28.3. The van der Waals surface area contributed by atoms with E-state index in [1.165, 1.54) is 0 Å². The number of carbonyl (C=O) groups is 1. The summed E-state index contributed by atoms with van der Waals surface area (Å²) in [7, 11) is -1.11. The molecule has 0 amide bonds. The summed E-state index contributed by atoms with van der Waals surface area (Å²) in [5, 5.41) is 1.75. The van der Waals surface area contributed by atoms with Gasteiger partial charge >= 0.3 is 5.97 Å². The molecule has 0 radical (unpaired) electrons. The summed E-state index contributed by atoms with van der Waals surface area (Å²) in [4.78, 5) is 10.7. The number of nitrogens with zero attached hydrogens (tertiary/aromatic N) is 1. The van der Waals surface area contributed by atoms with Crippen molar-refractivity contribution in [1.29, 1.82) is 0 Å². The van der Waals surface area contributed by atoms with Crippen LogP contribution in [-0.2, 0) is 9.53 Å². The third-order valence-corrected chi connectivity index (χ3v) is 3.04. The minimum atomic E-state index is -1.11. The largest absolute Gasteiger partial charge is 0.508 e. The number of carbonyl (C=O) groups excluding carboxylic acids is 1. The van der Waals surface area contributed by atoms with Gasteiger partial charge in [0.1, 0.15) is 0 Å². The second kappa shape index (κ2) is 5.03. The lowest BCUT2D eigenvalue weighted by Gasteiger charge is -2.14. The Labute approximate surface area is 73.8 Å². The topological polar surface area (TPSA) is 62.6 Å². The fourth-order valence-corrected chi connectivity index (χ4v) is 1.30. The van der Waals surface area contributed by atoms with Crippen LogP contribution in [-0.4, -0.2) is 27.2 Å². The number of hydrogen-bond acceptors (Lipinski definition) is 2. The Kier molecular flexibility index (Phi) is 4.73. The Morgan fingerprint density at radius 3 is 2.50 bits per heavy atom. The van der Waals surface area contributed by atoms with Gasteiger partial charge in [-0.3, -0.25) is 0 Å². The molecule has 0 rings (SSSR count). The zero-order valence-corrected chi connectivity index (χ0v) is 8.89. The smallest absolute Gasteiger partial charge is 0.371 e. The van der Waals surface area contributed by atoms with Crippen LogP contribution in [0, 0.1) is 0 Å². The van der Waals surface area contributed by atoms with Crippen LogP contribution in [0.4, 0.5) is 0 Å². The molecular formula is C7H16N2O2Si. The van der Waals surface area contributed by atoms with Crippen molar-refractivity contribution < 1.29 is 14.6 Å². The summed E-state index contributed by atoms with van der Waals surface area (Å²) >= 11 is 0. The van der Waals surface area contributed by atoms with Crippen LogP contribution >= 0.6 is 0 Å². The molecule has 0 aromatic rings. The second-order valence-corrected chi connectivity index (χ2v) is 9.49. The van der Waals surface area contributed by atoms with E-state index in [1.807, 2.05) is 0 Å². The molecule has 0 bridgehead atoms. The van der Waals surface area contributed by atoms with Crippen molar-refractivity contribution in [2.45, 2.75) is 25.7 Å². The van der Waals surface area contributed by atoms with Crippen molar-refractivity contribution in [3.8, 4) is 0 Å². The van der Waals surface area contributed by atoms with E-state index >= 15 is 0 Å². The van der Waals surface area contributed by atoms with Crippen LogP contribution in [0.15, 0.2) is 0 Å². The van der Waals surface area contributed by atoms with Gasteiger partial charge in [-0.15, -0.1) is 0 Å². The zero-order valence-electron chi connectivity index (χ0n) is 7.89. The van der Waals surface area contributed by atoms with Crippen LogP contribution in [0.3, 0.4) is 0 Å². The molecule has 0 spiro atoms. The molecule has 0 saturated carbocycles. The summed E-state index contributed by atoms with van der Waals surface area (Å²) in [5.74, 6) is -0.407. The zero-order chi connectivity index (χ0) is 9.61. The van der Waals surface area contributed by atoms with E-state index in [0.717, 1.165) is 6.04 Å². The number of esters is 1. The van der Waals surface area contributed by atoms with Gasteiger partial charge in [-0.1, -0.05) is 19.6 Å². The minimum Gasteiger partial charge on any atom is -0.508 e. The number of nitrogens with one attached hydrogen (secondary N) is 1. The SMILES string of the molecule is C[Si](C)(C)CCOC(=O)C[NH+]=[N-]. The summed E-state index contributed by atoms with van der Waals surface area (Å²) in [6.45, 7) is 6.98. The molecule has 0 saturated heterocycles. The Bertz CT molecular complexity index is 165. The quantitative estimate of drug-likeness (QED) is 0.374. The predicted molar refractivity (Wildman–Crippen MR) is 48.3 cm³/mol. The number of rotatable bonds is 5. The van der Waals surface area contributed by atoms with Crippen molar-refractivity contribution in [3.63, 3.8) is 0 Å². The van der Waals surface area contributed by atoms with E-state index in [0.29, 0.717) is 6.61 Å². The van der Waals surface area contributed by atoms with E-state index in [2.05, 4.69) is 19.6 Å². The van der Waals surface area contributed by atoms with Crippen LogP contribution in [0.1, 0.15) is 0 Å². The first-order valence-electron chi connectivity index (χ1n) is 3.98. The van der Waals surface area contributed by atoms with Gasteiger partial charge in [-0.05, 0) is 6.04 Å². The first-order chi connectivity index (χ1) is 5.45. The highest BCUT2D eigenvalue weighted by molar-refractivity contribution is 6.76. The van der Waals surface area contributed by atoms with Crippen LogP contribution in [0.25, 0.3) is 5.53 Å². The lowest BCUT2D eigenvalue weighted by Crippen LogP contribution is -2.66. The van der Waals surface area contributed by atoms with E-state index < -0.39 is 14.0 Å². The van der Waals surface area contributed by atoms with Crippen LogP contribution in [0.5, 0.6) is 0 Å². The average Bonchev–Trinajstić information content (AvgIpc) is 1.84. The summed E-state index contributed by atoms with van der Waals surface area (Å²) in [5.41, 5.74) is 8.15. The number of ether oxygens (including phenoxy) is 1. The van der Waals surface area contributed by atoms with Gasteiger partial charge in [0.2, 0.25) is 6.54 Å². The molecule has 0 atom stereocenters. The fraction of sp³-hybridized carbons (Fsp3) is 0.857. The van der Waals surface area contributed by atoms with Crippen molar-refractivity contribution in [2.24, 2.45) is 0 Å². The van der Waals surface area contributed by atoms with Crippen molar-refractivity contribution in [2.75, 3.05) is 13.2 Å². The first-order valence-corrected chi connectivity index (χ1v) is 7.69. The van der Waals surface area contributed by atoms with Crippen molar-refractivity contribution in [3.05, 3.63) is 5.53 Å². The average molecular weight is 188 g/mol. The third kappa shape index (κ3) is 7.39. The van der Waals surface area contributed by atoms with Gasteiger partial charge in [0, 0.05) is 8.07 Å². The molecule has 4 nitrogen and oxygen atoms in total. The van der Waals surface area contributed by atoms with Gasteiger partial charge in [0.05, 0.1) is 6.61 Å². The van der Waals surface area contributed by atoms with Gasteiger partial charge in [0.25, 0.3) is 0 Å². The maximum atomic E-state index is 10.7. The van der Waals surface area contributed by atoms with Gasteiger partial charge in [-0.25, -0.2) is 4.79 Å². The molecule has 0 aromatic heterocycles. The highest BCUT2D eigenvalue weighted by Gasteiger charge is 2.13. The van der Waals surface area contributed by atoms with Crippen molar-refractivity contribution in [1.82, 2.24) is 0 Å². The molecule has 70 valence electrons. The molecule has 0 aliphatic heterocycles. The summed E-state index contributed by atoms with van der Waals surface area (Å²) < 4.78 is 4.83. The standard InChI is InChI=1S/C7H16N2O2Si/c1-12(2,3)5-4-11-7(10)6-9-8/h9H,4-6H2,1-3H3. The molecule has 0 fully saturated rings. The first kappa shape index (κ1) is 11.3. The molecule has 0 aromatic carbocycles. The maximum absolute atomic E-state index is 10.7. The monoisotopic (exact) mass is 188 g/mol. The minimum absolute atomic E-state index is 0.133. The Hall–Kier alpha value is -0.713.